The quantitative estimate of drug-likeness (QED) is 0.641. The van der Waals surface area contributed by atoms with Gasteiger partial charge in [0, 0.05) is 42.8 Å². The van der Waals surface area contributed by atoms with Crippen molar-refractivity contribution in [3.63, 3.8) is 0 Å². The molecule has 1 saturated heterocycles. The van der Waals surface area contributed by atoms with Gasteiger partial charge in [0.1, 0.15) is 0 Å². The maximum absolute atomic E-state index is 13.0. The van der Waals surface area contributed by atoms with Gasteiger partial charge in [-0.1, -0.05) is 32.0 Å². The molecular weight excluding hydrogens is 404 g/mol. The lowest BCUT2D eigenvalue weighted by molar-refractivity contribution is 0.0788. The maximum Gasteiger partial charge on any atom is 0.257 e. The van der Waals surface area contributed by atoms with E-state index in [9.17, 15) is 9.59 Å². The molecule has 1 fully saturated rings. The smallest absolute Gasteiger partial charge is 0.257 e. The monoisotopic (exact) mass is 432 g/mol. The number of pyridine rings is 1. The normalized spacial score (nSPS) is 16.0. The Morgan fingerprint density at radius 1 is 1.22 bits per heavy atom. The Labute approximate surface area is 187 Å². The minimum Gasteiger partial charge on any atom is -0.368 e. The lowest BCUT2D eigenvalue weighted by Gasteiger charge is -2.18. The molecule has 3 aromatic rings. The first-order valence-corrected chi connectivity index (χ1v) is 10.9. The number of para-hydroxylation sites is 1. The van der Waals surface area contributed by atoms with Gasteiger partial charge in [-0.15, -0.1) is 0 Å². The number of hydrogen-bond acceptors (Lipinski definition) is 6. The number of carbonyl (C=O) groups is 2. The third kappa shape index (κ3) is 4.39. The average Bonchev–Trinajstić information content (AvgIpc) is 3.26. The molecule has 1 aliphatic heterocycles. The van der Waals surface area contributed by atoms with Crippen LogP contribution in [0.4, 0.5) is 5.95 Å². The van der Waals surface area contributed by atoms with Crippen LogP contribution in [0.3, 0.4) is 0 Å². The molecule has 0 radical (unpaired) electrons. The SMILES string of the molecule is Cc1nc(N)ncc1C(=O)N1CC[C@@H](c2cc(C(=O)NCC(C)C)c3ccccc3n2)C1. The van der Waals surface area contributed by atoms with Gasteiger partial charge in [0.05, 0.1) is 22.3 Å². The lowest BCUT2D eigenvalue weighted by atomic mass is 9.99. The minimum absolute atomic E-state index is 0.0511. The molecule has 3 N–H and O–H groups in total. The third-order valence-electron chi connectivity index (χ3n) is 5.77. The first kappa shape index (κ1) is 21.7. The summed E-state index contributed by atoms with van der Waals surface area (Å²) in [5.74, 6) is 0.360. The summed E-state index contributed by atoms with van der Waals surface area (Å²) in [5, 5.41) is 3.84. The minimum atomic E-state index is -0.110. The number of aryl methyl sites for hydroxylation is 1. The zero-order valence-corrected chi connectivity index (χ0v) is 18.6. The molecule has 4 rings (SSSR count). The summed E-state index contributed by atoms with van der Waals surface area (Å²) in [6, 6.07) is 9.56. The average molecular weight is 433 g/mol. The van der Waals surface area contributed by atoms with Gasteiger partial charge in [-0.2, -0.15) is 0 Å². The van der Waals surface area contributed by atoms with Crippen molar-refractivity contribution in [1.29, 1.82) is 0 Å². The Morgan fingerprint density at radius 2 is 2.00 bits per heavy atom. The summed E-state index contributed by atoms with van der Waals surface area (Å²) < 4.78 is 0. The lowest BCUT2D eigenvalue weighted by Crippen LogP contribution is -2.30. The van der Waals surface area contributed by atoms with Crippen molar-refractivity contribution in [2.24, 2.45) is 5.92 Å². The van der Waals surface area contributed by atoms with Gasteiger partial charge in [-0.25, -0.2) is 9.97 Å². The van der Waals surface area contributed by atoms with Crippen LogP contribution in [-0.4, -0.2) is 51.3 Å². The fourth-order valence-electron chi connectivity index (χ4n) is 4.04. The Balaban J connectivity index is 1.60. The highest BCUT2D eigenvalue weighted by Crippen LogP contribution is 2.30. The molecule has 0 saturated carbocycles. The number of nitrogens with zero attached hydrogens (tertiary/aromatic N) is 4. The predicted molar refractivity (Wildman–Crippen MR) is 123 cm³/mol. The van der Waals surface area contributed by atoms with E-state index in [1.807, 2.05) is 30.3 Å². The summed E-state index contributed by atoms with van der Waals surface area (Å²) in [6.45, 7) is 7.63. The van der Waals surface area contributed by atoms with Gasteiger partial charge >= 0.3 is 0 Å². The number of anilines is 1. The van der Waals surface area contributed by atoms with E-state index in [1.54, 1.807) is 11.8 Å². The molecule has 0 spiro atoms. The fraction of sp³-hybridized carbons (Fsp3) is 0.375. The standard InChI is InChI=1S/C24H28N6O2/c1-14(2)11-26-22(31)18-10-21(29-20-7-5-4-6-17(18)20)16-8-9-30(13-16)23(32)19-12-27-24(25)28-15(19)3/h4-7,10,12,14,16H,8-9,11,13H2,1-3H3,(H,26,31)(H2,25,27,28)/t16-/m1/s1. The van der Waals surface area contributed by atoms with Gasteiger partial charge in [-0.05, 0) is 31.4 Å². The number of benzene rings is 1. The molecule has 2 aromatic heterocycles. The second-order valence-corrected chi connectivity index (χ2v) is 8.68. The number of amides is 2. The topological polar surface area (TPSA) is 114 Å². The van der Waals surface area contributed by atoms with E-state index in [2.05, 4.69) is 29.1 Å². The second kappa shape index (κ2) is 8.90. The maximum atomic E-state index is 13.0. The molecule has 0 aliphatic carbocycles. The van der Waals surface area contributed by atoms with Crippen LogP contribution in [0.1, 0.15) is 58.3 Å². The van der Waals surface area contributed by atoms with Crippen LogP contribution < -0.4 is 11.1 Å². The number of hydrogen-bond donors (Lipinski definition) is 2. The molecule has 0 bridgehead atoms. The van der Waals surface area contributed by atoms with Crippen molar-refractivity contribution in [2.45, 2.75) is 33.1 Å². The van der Waals surface area contributed by atoms with E-state index in [1.165, 1.54) is 6.20 Å². The molecule has 8 nitrogen and oxygen atoms in total. The van der Waals surface area contributed by atoms with Gasteiger partial charge in [-0.3, -0.25) is 14.6 Å². The fourth-order valence-corrected chi connectivity index (χ4v) is 4.04. The van der Waals surface area contributed by atoms with E-state index in [4.69, 9.17) is 10.7 Å². The van der Waals surface area contributed by atoms with Crippen LogP contribution in [0.15, 0.2) is 36.5 Å². The van der Waals surface area contributed by atoms with Gasteiger partial charge < -0.3 is 16.0 Å². The molecule has 1 aromatic carbocycles. The van der Waals surface area contributed by atoms with Gasteiger partial charge in [0.25, 0.3) is 11.8 Å². The molecular formula is C24H28N6O2. The van der Waals surface area contributed by atoms with E-state index < -0.39 is 0 Å². The number of aromatic nitrogens is 3. The molecule has 166 valence electrons. The summed E-state index contributed by atoms with van der Waals surface area (Å²) >= 11 is 0. The second-order valence-electron chi connectivity index (χ2n) is 8.68. The number of nitrogens with one attached hydrogen (secondary N) is 1. The summed E-state index contributed by atoms with van der Waals surface area (Å²) in [5.41, 5.74) is 8.88. The zero-order valence-electron chi connectivity index (χ0n) is 18.6. The largest absolute Gasteiger partial charge is 0.368 e. The summed E-state index contributed by atoms with van der Waals surface area (Å²) in [6.07, 6.45) is 2.26. The number of fused-ring (bicyclic) bond motifs is 1. The Kier molecular flexibility index (Phi) is 6.03. The predicted octanol–water partition coefficient (Wildman–Crippen LogP) is 2.93. The van der Waals surface area contributed by atoms with E-state index in [0.717, 1.165) is 23.0 Å². The number of likely N-dealkylation sites (tertiary alicyclic amines) is 1. The van der Waals surface area contributed by atoms with Crippen LogP contribution in [0, 0.1) is 12.8 Å². The van der Waals surface area contributed by atoms with Gasteiger partial charge in [0.15, 0.2) is 0 Å². The molecule has 3 heterocycles. The number of nitrogen functional groups attached to an aromatic ring is 1. The van der Waals surface area contributed by atoms with Crippen LogP contribution in [0.25, 0.3) is 10.9 Å². The Hall–Kier alpha value is -3.55. The Bertz CT molecular complexity index is 1180. The number of carbonyl (C=O) groups excluding carboxylic acids is 2. The summed E-state index contributed by atoms with van der Waals surface area (Å²) in [7, 11) is 0. The molecule has 32 heavy (non-hydrogen) atoms. The van der Waals surface area contributed by atoms with Gasteiger partial charge in [0.2, 0.25) is 5.95 Å². The van der Waals surface area contributed by atoms with E-state index in [-0.39, 0.29) is 23.7 Å². The van der Waals surface area contributed by atoms with Crippen molar-refractivity contribution >= 4 is 28.7 Å². The van der Waals surface area contributed by atoms with E-state index >= 15 is 0 Å². The van der Waals surface area contributed by atoms with Crippen molar-refractivity contribution in [3.8, 4) is 0 Å². The van der Waals surface area contributed by atoms with Crippen LogP contribution in [0.2, 0.25) is 0 Å². The van der Waals surface area contributed by atoms with Crippen molar-refractivity contribution in [1.82, 2.24) is 25.2 Å². The molecule has 2 amide bonds. The number of nitrogens with two attached hydrogens (primary N) is 1. The van der Waals surface area contributed by atoms with E-state index in [0.29, 0.717) is 42.4 Å². The highest BCUT2D eigenvalue weighted by molar-refractivity contribution is 6.06. The molecule has 1 atom stereocenters. The Morgan fingerprint density at radius 3 is 2.75 bits per heavy atom. The van der Waals surface area contributed by atoms with Crippen LogP contribution >= 0.6 is 0 Å². The first-order valence-electron chi connectivity index (χ1n) is 10.9. The highest BCUT2D eigenvalue weighted by Gasteiger charge is 2.30. The molecule has 1 aliphatic rings. The third-order valence-corrected chi connectivity index (χ3v) is 5.77. The molecule has 0 unspecified atom stereocenters. The van der Waals surface area contributed by atoms with Crippen LogP contribution in [0.5, 0.6) is 0 Å². The summed E-state index contributed by atoms with van der Waals surface area (Å²) in [4.78, 5) is 40.6. The van der Waals surface area contributed by atoms with Crippen molar-refractivity contribution in [3.05, 3.63) is 59.0 Å². The first-order chi connectivity index (χ1) is 15.3. The van der Waals surface area contributed by atoms with Crippen LogP contribution in [-0.2, 0) is 0 Å². The highest BCUT2D eigenvalue weighted by atomic mass is 16.2. The van der Waals surface area contributed by atoms with Crippen molar-refractivity contribution < 1.29 is 9.59 Å². The van der Waals surface area contributed by atoms with Crippen molar-refractivity contribution in [2.75, 3.05) is 25.4 Å². The molecule has 8 heteroatoms. The zero-order chi connectivity index (χ0) is 22.8. The number of rotatable bonds is 5.